The van der Waals surface area contributed by atoms with Gasteiger partial charge in [0.15, 0.2) is 6.61 Å². The Bertz CT molecular complexity index is 566. The second-order valence-corrected chi connectivity index (χ2v) is 4.31. The molecule has 2 rings (SSSR count). The normalized spacial score (nSPS) is 12.2. The van der Waals surface area contributed by atoms with Crippen LogP contribution >= 0.6 is 0 Å². The van der Waals surface area contributed by atoms with E-state index in [1.54, 1.807) is 32.2 Å². The minimum atomic E-state index is -0.634. The zero-order valence-electron chi connectivity index (χ0n) is 11.8. The number of nitrogens with zero attached hydrogens (tertiary/aromatic N) is 2. The quantitative estimate of drug-likeness (QED) is 0.873. The number of ether oxygens (including phenoxy) is 2. The van der Waals surface area contributed by atoms with Crippen LogP contribution in [0.25, 0.3) is 0 Å². The molecule has 108 valence electrons. The second-order valence-electron chi connectivity index (χ2n) is 4.31. The summed E-state index contributed by atoms with van der Waals surface area (Å²) in [6.07, 6.45) is 0.0511. The van der Waals surface area contributed by atoms with Crippen LogP contribution in [-0.2, 0) is 13.0 Å². The summed E-state index contributed by atoms with van der Waals surface area (Å²) in [6.45, 7) is 3.77. The predicted octanol–water partition coefficient (Wildman–Crippen LogP) is 2.27. The lowest BCUT2D eigenvalue weighted by atomic mass is 10.1. The third kappa shape index (κ3) is 3.27. The largest absolute Gasteiger partial charge is 0.497 e. The van der Waals surface area contributed by atoms with E-state index < -0.39 is 6.10 Å². The van der Waals surface area contributed by atoms with Crippen molar-refractivity contribution < 1.29 is 19.0 Å². The number of hydrogen-bond acceptors (Lipinski definition) is 6. The molecule has 1 aromatic carbocycles. The highest BCUT2D eigenvalue weighted by atomic mass is 16.5. The zero-order chi connectivity index (χ0) is 14.5. The lowest BCUT2D eigenvalue weighted by Gasteiger charge is -2.13. The van der Waals surface area contributed by atoms with Crippen molar-refractivity contribution in [3.63, 3.8) is 0 Å². The number of aliphatic hydroxyl groups is 1. The first-order chi connectivity index (χ1) is 9.63. The van der Waals surface area contributed by atoms with Gasteiger partial charge in [-0.3, -0.25) is 0 Å². The molecule has 1 N–H and O–H groups in total. The first-order valence-electron chi connectivity index (χ1n) is 6.44. The van der Waals surface area contributed by atoms with Crippen molar-refractivity contribution in [1.82, 2.24) is 10.2 Å². The Balaban J connectivity index is 2.14. The fraction of sp³-hybridized carbons (Fsp3) is 0.429. The van der Waals surface area contributed by atoms with Crippen molar-refractivity contribution in [2.75, 3.05) is 7.11 Å². The second kappa shape index (κ2) is 6.38. The van der Waals surface area contributed by atoms with Crippen LogP contribution in [0.2, 0.25) is 0 Å². The van der Waals surface area contributed by atoms with Crippen LogP contribution in [-0.4, -0.2) is 22.4 Å². The maximum absolute atomic E-state index is 9.74. The Morgan fingerprint density at radius 3 is 2.65 bits per heavy atom. The van der Waals surface area contributed by atoms with Gasteiger partial charge >= 0.3 is 0 Å². The Hall–Kier alpha value is -2.08. The minimum Gasteiger partial charge on any atom is -0.497 e. The number of aromatic nitrogens is 2. The molecule has 0 bridgehead atoms. The van der Waals surface area contributed by atoms with Crippen LogP contribution in [0, 0.1) is 0 Å². The van der Waals surface area contributed by atoms with Crippen molar-refractivity contribution in [3.8, 4) is 11.5 Å². The third-order valence-corrected chi connectivity index (χ3v) is 2.83. The first kappa shape index (κ1) is 14.3. The van der Waals surface area contributed by atoms with Crippen molar-refractivity contribution in [1.29, 1.82) is 0 Å². The molecule has 0 aliphatic carbocycles. The highest BCUT2D eigenvalue weighted by molar-refractivity contribution is 5.41. The molecule has 0 unspecified atom stereocenters. The molecule has 1 heterocycles. The van der Waals surface area contributed by atoms with Gasteiger partial charge in [-0.2, -0.15) is 0 Å². The lowest BCUT2D eigenvalue weighted by Crippen LogP contribution is -2.02. The number of aryl methyl sites for hydroxylation is 1. The summed E-state index contributed by atoms with van der Waals surface area (Å²) in [5, 5.41) is 17.5. The van der Waals surface area contributed by atoms with Gasteiger partial charge in [-0.15, -0.1) is 10.2 Å². The number of hydrogen-bond donors (Lipinski definition) is 1. The van der Waals surface area contributed by atoms with Crippen molar-refractivity contribution >= 4 is 0 Å². The molecular formula is C14H18N2O4. The van der Waals surface area contributed by atoms with E-state index in [1.807, 2.05) is 6.92 Å². The molecule has 0 saturated heterocycles. The van der Waals surface area contributed by atoms with Gasteiger partial charge in [0.05, 0.1) is 13.2 Å². The molecule has 0 radical (unpaired) electrons. The van der Waals surface area contributed by atoms with Gasteiger partial charge in [0.2, 0.25) is 5.89 Å². The molecular weight excluding hydrogens is 260 g/mol. The zero-order valence-corrected chi connectivity index (χ0v) is 11.8. The number of aliphatic hydroxyl groups excluding tert-OH is 1. The Morgan fingerprint density at radius 1 is 1.30 bits per heavy atom. The SMILES string of the molecule is CCc1nnc(COc2cc(OC)ccc2[C@H](C)O)o1. The Kier molecular flexibility index (Phi) is 4.57. The van der Waals surface area contributed by atoms with Crippen LogP contribution in [0.1, 0.15) is 37.3 Å². The molecule has 0 amide bonds. The summed E-state index contributed by atoms with van der Waals surface area (Å²) in [7, 11) is 1.58. The van der Waals surface area contributed by atoms with Gasteiger partial charge in [0, 0.05) is 18.1 Å². The Labute approximate surface area is 117 Å². The molecule has 0 fully saturated rings. The lowest BCUT2D eigenvalue weighted by molar-refractivity contribution is 0.186. The van der Waals surface area contributed by atoms with Crippen LogP contribution < -0.4 is 9.47 Å². The minimum absolute atomic E-state index is 0.153. The molecule has 0 saturated carbocycles. The fourth-order valence-corrected chi connectivity index (χ4v) is 1.74. The molecule has 2 aromatic rings. The molecule has 0 spiro atoms. The van der Waals surface area contributed by atoms with Gasteiger partial charge < -0.3 is 19.0 Å². The first-order valence-corrected chi connectivity index (χ1v) is 6.44. The standard InChI is InChI=1S/C14H18N2O4/c1-4-13-15-16-14(20-13)8-19-12-7-10(18-3)5-6-11(12)9(2)17/h5-7,9,17H,4,8H2,1-3H3/t9-/m0/s1. The van der Waals surface area contributed by atoms with E-state index in [2.05, 4.69) is 10.2 Å². The van der Waals surface area contributed by atoms with Gasteiger partial charge in [0.25, 0.3) is 5.89 Å². The van der Waals surface area contributed by atoms with Crippen molar-refractivity contribution in [2.24, 2.45) is 0 Å². The predicted molar refractivity (Wildman–Crippen MR) is 71.6 cm³/mol. The van der Waals surface area contributed by atoms with E-state index >= 15 is 0 Å². The van der Waals surface area contributed by atoms with Gasteiger partial charge in [0.1, 0.15) is 11.5 Å². The van der Waals surface area contributed by atoms with E-state index in [4.69, 9.17) is 13.9 Å². The van der Waals surface area contributed by atoms with Gasteiger partial charge in [-0.1, -0.05) is 6.92 Å². The molecule has 6 heteroatoms. The number of methoxy groups -OCH3 is 1. The van der Waals surface area contributed by atoms with Crippen LogP contribution in [0.3, 0.4) is 0 Å². The smallest absolute Gasteiger partial charge is 0.253 e. The summed E-state index contributed by atoms with van der Waals surface area (Å²) in [5.74, 6) is 2.17. The van der Waals surface area contributed by atoms with Gasteiger partial charge in [-0.05, 0) is 19.1 Å². The average Bonchev–Trinajstić information content (AvgIpc) is 2.92. The molecule has 6 nitrogen and oxygen atoms in total. The summed E-state index contributed by atoms with van der Waals surface area (Å²) in [4.78, 5) is 0. The third-order valence-electron chi connectivity index (χ3n) is 2.83. The molecule has 1 atom stereocenters. The average molecular weight is 278 g/mol. The van der Waals surface area contributed by atoms with Crippen LogP contribution in [0.4, 0.5) is 0 Å². The van der Waals surface area contributed by atoms with Crippen molar-refractivity contribution in [3.05, 3.63) is 35.5 Å². The van der Waals surface area contributed by atoms with E-state index in [-0.39, 0.29) is 6.61 Å². The molecule has 0 aliphatic heterocycles. The fourth-order valence-electron chi connectivity index (χ4n) is 1.74. The number of rotatable bonds is 6. The topological polar surface area (TPSA) is 77.6 Å². The van der Waals surface area contributed by atoms with Crippen LogP contribution in [0.15, 0.2) is 22.6 Å². The number of benzene rings is 1. The summed E-state index contributed by atoms with van der Waals surface area (Å²) in [5.41, 5.74) is 0.682. The van der Waals surface area contributed by atoms with E-state index in [1.165, 1.54) is 0 Å². The monoisotopic (exact) mass is 278 g/mol. The van der Waals surface area contributed by atoms with E-state index in [0.717, 1.165) is 0 Å². The molecule has 0 aliphatic rings. The van der Waals surface area contributed by atoms with E-state index in [0.29, 0.717) is 35.3 Å². The Morgan fingerprint density at radius 2 is 2.05 bits per heavy atom. The van der Waals surface area contributed by atoms with Gasteiger partial charge in [-0.25, -0.2) is 0 Å². The van der Waals surface area contributed by atoms with E-state index in [9.17, 15) is 5.11 Å². The molecule has 1 aromatic heterocycles. The highest BCUT2D eigenvalue weighted by Crippen LogP contribution is 2.30. The van der Waals surface area contributed by atoms with Crippen molar-refractivity contribution in [2.45, 2.75) is 33.0 Å². The highest BCUT2D eigenvalue weighted by Gasteiger charge is 2.12. The van der Waals surface area contributed by atoms with Crippen LogP contribution in [0.5, 0.6) is 11.5 Å². The summed E-state index contributed by atoms with van der Waals surface area (Å²) >= 11 is 0. The maximum Gasteiger partial charge on any atom is 0.253 e. The maximum atomic E-state index is 9.74. The summed E-state index contributed by atoms with van der Waals surface area (Å²) in [6, 6.07) is 5.26. The molecule has 20 heavy (non-hydrogen) atoms. The summed E-state index contributed by atoms with van der Waals surface area (Å²) < 4.78 is 16.2.